The molecule has 0 spiro atoms. The number of carbonyl (C=O) groups is 1. The van der Waals surface area contributed by atoms with Gasteiger partial charge in [0.15, 0.2) is 11.3 Å². The summed E-state index contributed by atoms with van der Waals surface area (Å²) < 4.78 is 1.42. The van der Waals surface area contributed by atoms with Gasteiger partial charge in [-0.3, -0.25) is 0 Å². The molecule has 0 fully saturated rings. The first-order chi connectivity index (χ1) is 7.67. The minimum Gasteiger partial charge on any atom is -0.476 e. The molecule has 0 saturated heterocycles. The van der Waals surface area contributed by atoms with Crippen LogP contribution in [-0.4, -0.2) is 25.7 Å². The number of hydrogen-bond acceptors (Lipinski definition) is 3. The van der Waals surface area contributed by atoms with Gasteiger partial charge in [-0.25, -0.2) is 14.3 Å². The molecule has 0 atom stereocenters. The predicted octanol–water partition coefficient (Wildman–Crippen LogP) is 1.55. The normalized spacial score (nSPS) is 10.9. The van der Waals surface area contributed by atoms with Crippen LogP contribution in [0.25, 0.3) is 5.65 Å². The molecular formula is C11H13N3O2. The summed E-state index contributed by atoms with van der Waals surface area (Å²) in [6.07, 6.45) is 3.01. The maximum absolute atomic E-state index is 11.2. The van der Waals surface area contributed by atoms with Crippen molar-refractivity contribution in [3.63, 3.8) is 0 Å². The zero-order valence-electron chi connectivity index (χ0n) is 9.27. The van der Waals surface area contributed by atoms with Gasteiger partial charge >= 0.3 is 5.97 Å². The summed E-state index contributed by atoms with van der Waals surface area (Å²) in [6, 6.07) is 1.81. The molecule has 0 amide bonds. The van der Waals surface area contributed by atoms with Crippen LogP contribution in [0.3, 0.4) is 0 Å². The lowest BCUT2D eigenvalue weighted by Gasteiger charge is -2.04. The van der Waals surface area contributed by atoms with Crippen LogP contribution in [0.5, 0.6) is 0 Å². The van der Waals surface area contributed by atoms with E-state index in [9.17, 15) is 9.90 Å². The van der Waals surface area contributed by atoms with E-state index in [0.29, 0.717) is 17.6 Å². The molecule has 16 heavy (non-hydrogen) atoms. The highest BCUT2D eigenvalue weighted by molar-refractivity contribution is 5.88. The summed E-state index contributed by atoms with van der Waals surface area (Å²) in [7, 11) is 0. The highest BCUT2D eigenvalue weighted by Crippen LogP contribution is 2.13. The van der Waals surface area contributed by atoms with Gasteiger partial charge in [-0.2, -0.15) is 5.10 Å². The molecule has 0 radical (unpaired) electrons. The van der Waals surface area contributed by atoms with E-state index >= 15 is 0 Å². The Morgan fingerprint density at radius 1 is 1.44 bits per heavy atom. The molecule has 84 valence electrons. The molecule has 2 aromatic rings. The van der Waals surface area contributed by atoms with Crippen molar-refractivity contribution in [2.45, 2.75) is 26.7 Å². The fourth-order valence-electron chi connectivity index (χ4n) is 1.68. The molecule has 5 nitrogen and oxygen atoms in total. The summed E-state index contributed by atoms with van der Waals surface area (Å²) in [5.41, 5.74) is 2.35. The van der Waals surface area contributed by atoms with Crippen LogP contribution in [0.1, 0.15) is 35.6 Å². The van der Waals surface area contributed by atoms with Crippen LogP contribution < -0.4 is 0 Å². The van der Waals surface area contributed by atoms with E-state index in [1.54, 1.807) is 6.20 Å². The number of rotatable bonds is 3. The van der Waals surface area contributed by atoms with Crippen molar-refractivity contribution in [1.82, 2.24) is 14.6 Å². The van der Waals surface area contributed by atoms with Gasteiger partial charge in [0, 0.05) is 17.8 Å². The standard InChI is InChI=1S/C11H13N3O2/c1-3-7-6-12-9-5-8(4-2)13-14(9)10(7)11(15)16/h5-6H,3-4H2,1-2H3,(H,15,16). The Balaban J connectivity index is 2.77. The average molecular weight is 219 g/mol. The van der Waals surface area contributed by atoms with Crippen LogP contribution in [-0.2, 0) is 12.8 Å². The second-order valence-corrected chi connectivity index (χ2v) is 3.55. The molecule has 1 N–H and O–H groups in total. The lowest BCUT2D eigenvalue weighted by Crippen LogP contribution is -2.11. The van der Waals surface area contributed by atoms with Gasteiger partial charge < -0.3 is 5.11 Å². The quantitative estimate of drug-likeness (QED) is 0.850. The number of nitrogens with zero attached hydrogens (tertiary/aromatic N) is 3. The van der Waals surface area contributed by atoms with Crippen molar-refractivity contribution in [2.24, 2.45) is 0 Å². The number of carboxylic acid groups (broad SMARTS) is 1. The molecule has 0 aliphatic rings. The molecule has 2 heterocycles. The van der Waals surface area contributed by atoms with Gasteiger partial charge in [-0.1, -0.05) is 13.8 Å². The monoisotopic (exact) mass is 219 g/mol. The van der Waals surface area contributed by atoms with Crippen molar-refractivity contribution in [3.05, 3.63) is 29.2 Å². The van der Waals surface area contributed by atoms with Gasteiger partial charge in [0.05, 0.1) is 5.69 Å². The first-order valence-electron chi connectivity index (χ1n) is 5.27. The lowest BCUT2D eigenvalue weighted by molar-refractivity contribution is 0.0686. The Kier molecular flexibility index (Phi) is 2.60. The van der Waals surface area contributed by atoms with Gasteiger partial charge in [0.1, 0.15) is 0 Å². The second kappa shape index (κ2) is 3.92. The largest absolute Gasteiger partial charge is 0.476 e. The molecule has 0 unspecified atom stereocenters. The fourth-order valence-corrected chi connectivity index (χ4v) is 1.68. The Morgan fingerprint density at radius 3 is 2.75 bits per heavy atom. The molecule has 2 rings (SSSR count). The summed E-state index contributed by atoms with van der Waals surface area (Å²) in [5, 5.41) is 13.4. The molecule has 5 heteroatoms. The molecular weight excluding hydrogens is 206 g/mol. The smallest absolute Gasteiger partial charge is 0.354 e. The Morgan fingerprint density at radius 2 is 2.19 bits per heavy atom. The minimum atomic E-state index is -0.963. The summed E-state index contributed by atoms with van der Waals surface area (Å²) >= 11 is 0. The van der Waals surface area contributed by atoms with Gasteiger partial charge in [-0.15, -0.1) is 0 Å². The number of aryl methyl sites for hydroxylation is 2. The van der Waals surface area contributed by atoms with Crippen molar-refractivity contribution in [3.8, 4) is 0 Å². The molecule has 0 aromatic carbocycles. The number of carboxylic acids is 1. The van der Waals surface area contributed by atoms with E-state index < -0.39 is 5.97 Å². The Hall–Kier alpha value is -1.91. The van der Waals surface area contributed by atoms with Crippen LogP contribution >= 0.6 is 0 Å². The van der Waals surface area contributed by atoms with Crippen molar-refractivity contribution < 1.29 is 9.90 Å². The van der Waals surface area contributed by atoms with E-state index in [2.05, 4.69) is 10.1 Å². The van der Waals surface area contributed by atoms with Crippen molar-refractivity contribution in [1.29, 1.82) is 0 Å². The fraction of sp³-hybridized carbons (Fsp3) is 0.364. The molecule has 0 bridgehead atoms. The summed E-state index contributed by atoms with van der Waals surface area (Å²) in [5.74, 6) is -0.963. The SMILES string of the molecule is CCc1cc2ncc(CC)c(C(=O)O)n2n1. The maximum atomic E-state index is 11.2. The first kappa shape index (κ1) is 10.6. The number of aromatic nitrogens is 3. The maximum Gasteiger partial charge on any atom is 0.354 e. The minimum absolute atomic E-state index is 0.215. The summed E-state index contributed by atoms with van der Waals surface area (Å²) in [6.45, 7) is 3.88. The third-order valence-electron chi connectivity index (χ3n) is 2.56. The van der Waals surface area contributed by atoms with E-state index in [4.69, 9.17) is 0 Å². The van der Waals surface area contributed by atoms with Crippen LogP contribution in [0.4, 0.5) is 0 Å². The van der Waals surface area contributed by atoms with E-state index in [-0.39, 0.29) is 5.69 Å². The topological polar surface area (TPSA) is 67.5 Å². The Labute approximate surface area is 92.7 Å². The number of hydrogen-bond donors (Lipinski definition) is 1. The third-order valence-corrected chi connectivity index (χ3v) is 2.56. The van der Waals surface area contributed by atoms with E-state index in [1.807, 2.05) is 19.9 Å². The van der Waals surface area contributed by atoms with E-state index in [0.717, 1.165) is 12.1 Å². The van der Waals surface area contributed by atoms with Crippen molar-refractivity contribution >= 4 is 11.6 Å². The zero-order valence-corrected chi connectivity index (χ0v) is 9.27. The third kappa shape index (κ3) is 1.54. The van der Waals surface area contributed by atoms with Gasteiger partial charge in [-0.05, 0) is 12.8 Å². The van der Waals surface area contributed by atoms with Crippen molar-refractivity contribution in [2.75, 3.05) is 0 Å². The average Bonchev–Trinajstić information content (AvgIpc) is 2.69. The molecule has 0 aliphatic carbocycles. The number of aromatic carboxylic acids is 1. The molecule has 0 saturated carbocycles. The predicted molar refractivity (Wildman–Crippen MR) is 58.7 cm³/mol. The zero-order chi connectivity index (χ0) is 11.7. The van der Waals surface area contributed by atoms with Crippen LogP contribution in [0.15, 0.2) is 12.3 Å². The van der Waals surface area contributed by atoms with E-state index in [1.165, 1.54) is 4.52 Å². The second-order valence-electron chi connectivity index (χ2n) is 3.55. The lowest BCUT2D eigenvalue weighted by atomic mass is 10.2. The van der Waals surface area contributed by atoms with Gasteiger partial charge in [0.25, 0.3) is 0 Å². The van der Waals surface area contributed by atoms with Crippen LogP contribution in [0.2, 0.25) is 0 Å². The molecule has 2 aromatic heterocycles. The highest BCUT2D eigenvalue weighted by Gasteiger charge is 2.16. The Bertz CT molecular complexity index is 545. The number of fused-ring (bicyclic) bond motifs is 1. The highest BCUT2D eigenvalue weighted by atomic mass is 16.4. The first-order valence-corrected chi connectivity index (χ1v) is 5.27. The van der Waals surface area contributed by atoms with Gasteiger partial charge in [0.2, 0.25) is 0 Å². The van der Waals surface area contributed by atoms with Crippen LogP contribution in [0, 0.1) is 0 Å². The molecule has 0 aliphatic heterocycles. The summed E-state index contributed by atoms with van der Waals surface area (Å²) in [4.78, 5) is 15.4.